The van der Waals surface area contributed by atoms with Crippen LogP contribution in [0.3, 0.4) is 0 Å². The van der Waals surface area contributed by atoms with E-state index in [2.05, 4.69) is 26.2 Å². The summed E-state index contributed by atoms with van der Waals surface area (Å²) in [5.41, 5.74) is 0.607. The Hall–Kier alpha value is -2.24. The topological polar surface area (TPSA) is 75.5 Å². The summed E-state index contributed by atoms with van der Waals surface area (Å²) in [6.07, 6.45) is 2.09. The number of nitrogens with one attached hydrogen (secondary N) is 1. The van der Waals surface area contributed by atoms with Crippen molar-refractivity contribution < 1.29 is 9.18 Å². The lowest BCUT2D eigenvalue weighted by Crippen LogP contribution is -2.51. The van der Waals surface area contributed by atoms with Gasteiger partial charge in [0.05, 0.1) is 18.2 Å². The van der Waals surface area contributed by atoms with E-state index in [0.29, 0.717) is 24.6 Å². The van der Waals surface area contributed by atoms with Crippen molar-refractivity contribution in [1.29, 1.82) is 5.26 Å². The lowest BCUT2D eigenvalue weighted by molar-refractivity contribution is -0.132. The third-order valence-corrected chi connectivity index (χ3v) is 5.89. The normalized spacial score (nSPS) is 29.1. The average molecular weight is 372 g/mol. The largest absolute Gasteiger partial charge is 0.353 e. The number of rotatable bonds is 3. The van der Waals surface area contributed by atoms with Crippen molar-refractivity contribution in [3.63, 3.8) is 0 Å². The molecule has 3 saturated heterocycles. The second-order valence-corrected chi connectivity index (χ2v) is 7.53. The highest BCUT2D eigenvalue weighted by Crippen LogP contribution is 2.23. The quantitative estimate of drug-likeness (QED) is 0.827. The van der Waals surface area contributed by atoms with Crippen molar-refractivity contribution in [2.24, 2.45) is 0 Å². The Labute approximate surface area is 158 Å². The molecule has 0 aliphatic carbocycles. The smallest absolute Gasteiger partial charge is 0.239 e. The number of alkyl halides is 1. The summed E-state index contributed by atoms with van der Waals surface area (Å²) in [5, 5.41) is 12.6. The molecule has 3 fully saturated rings. The fourth-order valence-electron chi connectivity index (χ4n) is 4.36. The number of pyridine rings is 1. The molecule has 1 aromatic heterocycles. The van der Waals surface area contributed by atoms with Crippen LogP contribution in [0, 0.1) is 11.3 Å². The van der Waals surface area contributed by atoms with Crippen LogP contribution in [0.25, 0.3) is 0 Å². The number of carbonyl (C=O) groups excluding carboxylic acids is 1. The lowest BCUT2D eigenvalue weighted by Gasteiger charge is -2.38. The Bertz CT molecular complexity index is 729. The first kappa shape index (κ1) is 18.1. The van der Waals surface area contributed by atoms with E-state index in [1.807, 2.05) is 0 Å². The molecule has 7 nitrogen and oxygen atoms in total. The fourth-order valence-corrected chi connectivity index (χ4v) is 4.36. The maximum absolute atomic E-state index is 13.4. The minimum atomic E-state index is -0.871. The number of carbonyl (C=O) groups is 1. The van der Waals surface area contributed by atoms with E-state index in [9.17, 15) is 14.4 Å². The van der Waals surface area contributed by atoms with Crippen molar-refractivity contribution in [3.05, 3.63) is 23.9 Å². The average Bonchev–Trinajstić information content (AvgIpc) is 3.37. The maximum atomic E-state index is 13.4. The Morgan fingerprint density at radius 3 is 2.81 bits per heavy atom. The zero-order valence-electron chi connectivity index (χ0n) is 15.4. The molecule has 0 aromatic carbocycles. The Kier molecular flexibility index (Phi) is 5.23. The van der Waals surface area contributed by atoms with E-state index < -0.39 is 6.17 Å². The predicted octanol–water partition coefficient (Wildman–Crippen LogP) is 0.376. The van der Waals surface area contributed by atoms with Crippen LogP contribution >= 0.6 is 0 Å². The number of halogens is 1. The molecule has 0 radical (unpaired) electrons. The van der Waals surface area contributed by atoms with Crippen LogP contribution < -0.4 is 10.2 Å². The molecule has 1 aromatic rings. The number of piperazine rings is 1. The number of nitrogens with zero attached hydrogens (tertiary/aromatic N) is 5. The van der Waals surface area contributed by atoms with Crippen LogP contribution in [0.1, 0.15) is 18.4 Å². The van der Waals surface area contributed by atoms with Crippen molar-refractivity contribution >= 4 is 11.7 Å². The summed E-state index contributed by atoms with van der Waals surface area (Å²) < 4.78 is 13.4. The highest BCUT2D eigenvalue weighted by Gasteiger charge is 2.38. The summed E-state index contributed by atoms with van der Waals surface area (Å²) in [4.78, 5) is 23.2. The highest BCUT2D eigenvalue weighted by molar-refractivity contribution is 5.82. The van der Waals surface area contributed by atoms with Crippen LogP contribution in [0.5, 0.6) is 0 Å². The van der Waals surface area contributed by atoms with Gasteiger partial charge in [0.15, 0.2) is 0 Å². The van der Waals surface area contributed by atoms with Crippen LogP contribution in [0.2, 0.25) is 0 Å². The molecule has 1 amide bonds. The van der Waals surface area contributed by atoms with Gasteiger partial charge in [0.2, 0.25) is 5.91 Å². The molecule has 144 valence electrons. The Morgan fingerprint density at radius 2 is 2.11 bits per heavy atom. The number of aromatic nitrogens is 1. The fraction of sp³-hybridized carbons (Fsp3) is 0.632. The van der Waals surface area contributed by atoms with Gasteiger partial charge in [-0.25, -0.2) is 9.37 Å². The lowest BCUT2D eigenvalue weighted by atomic mass is 10.1. The number of hydrogen-bond acceptors (Lipinski definition) is 6. The number of amides is 1. The zero-order chi connectivity index (χ0) is 18.8. The summed E-state index contributed by atoms with van der Waals surface area (Å²) in [6.45, 7) is 4.96. The molecule has 4 rings (SSSR count). The maximum Gasteiger partial charge on any atom is 0.239 e. The molecule has 27 heavy (non-hydrogen) atoms. The molecular formula is C19H25FN6O. The number of hydrogen-bond donors (Lipinski definition) is 1. The second kappa shape index (κ2) is 7.79. The van der Waals surface area contributed by atoms with E-state index in [4.69, 9.17) is 0 Å². The molecule has 0 saturated carbocycles. The first-order valence-electron chi connectivity index (χ1n) is 9.66. The monoisotopic (exact) mass is 372 g/mol. The van der Waals surface area contributed by atoms with E-state index in [1.54, 1.807) is 23.2 Å². The van der Waals surface area contributed by atoms with Crippen molar-refractivity contribution in [1.82, 2.24) is 20.1 Å². The SMILES string of the molecule is N#Cc1cccnc1N1CCN([C@@H]2CN[C@H](C(=O)N3CC[C@H](F)C3)C2)CC1. The van der Waals surface area contributed by atoms with Gasteiger partial charge in [0.1, 0.15) is 18.1 Å². The van der Waals surface area contributed by atoms with Crippen LogP contribution in [0.15, 0.2) is 18.3 Å². The van der Waals surface area contributed by atoms with Crippen molar-refractivity contribution in [2.75, 3.05) is 50.7 Å². The van der Waals surface area contributed by atoms with Gasteiger partial charge in [0, 0.05) is 51.5 Å². The van der Waals surface area contributed by atoms with Gasteiger partial charge in [-0.1, -0.05) is 0 Å². The van der Waals surface area contributed by atoms with E-state index in [-0.39, 0.29) is 18.5 Å². The molecule has 0 bridgehead atoms. The van der Waals surface area contributed by atoms with Crippen LogP contribution in [-0.2, 0) is 4.79 Å². The van der Waals surface area contributed by atoms with Crippen molar-refractivity contribution in [2.45, 2.75) is 31.1 Å². The molecule has 8 heteroatoms. The molecule has 4 heterocycles. The number of anilines is 1. The van der Waals surface area contributed by atoms with Gasteiger partial charge in [-0.3, -0.25) is 9.69 Å². The van der Waals surface area contributed by atoms with E-state index in [0.717, 1.165) is 45.0 Å². The van der Waals surface area contributed by atoms with Gasteiger partial charge >= 0.3 is 0 Å². The van der Waals surface area contributed by atoms with Gasteiger partial charge < -0.3 is 15.1 Å². The van der Waals surface area contributed by atoms with Gasteiger partial charge in [-0.15, -0.1) is 0 Å². The molecule has 0 spiro atoms. The molecule has 3 aliphatic rings. The molecule has 1 N–H and O–H groups in total. The molecule has 3 atom stereocenters. The second-order valence-electron chi connectivity index (χ2n) is 7.53. The summed E-state index contributed by atoms with van der Waals surface area (Å²) in [5.74, 6) is 0.801. The molecule has 3 aliphatic heterocycles. The van der Waals surface area contributed by atoms with Gasteiger partial charge in [-0.2, -0.15) is 5.26 Å². The summed E-state index contributed by atoms with van der Waals surface area (Å²) >= 11 is 0. The van der Waals surface area contributed by atoms with Gasteiger partial charge in [0.25, 0.3) is 0 Å². The Balaban J connectivity index is 1.30. The first-order valence-corrected chi connectivity index (χ1v) is 9.66. The molecule has 0 unspecified atom stereocenters. The third-order valence-electron chi connectivity index (χ3n) is 5.89. The third kappa shape index (κ3) is 3.75. The van der Waals surface area contributed by atoms with Crippen LogP contribution in [-0.4, -0.2) is 84.8 Å². The van der Waals surface area contributed by atoms with E-state index >= 15 is 0 Å². The number of likely N-dealkylation sites (tertiary alicyclic amines) is 1. The molecular weight excluding hydrogens is 347 g/mol. The van der Waals surface area contributed by atoms with Gasteiger partial charge in [-0.05, 0) is 25.0 Å². The van der Waals surface area contributed by atoms with E-state index in [1.165, 1.54) is 0 Å². The van der Waals surface area contributed by atoms with Crippen LogP contribution in [0.4, 0.5) is 10.2 Å². The standard InChI is InChI=1S/C19H25FN6O/c20-15-3-5-26(13-15)19(27)17-10-16(12-23-17)24-6-8-25(9-7-24)18-14(11-21)2-1-4-22-18/h1-2,4,15-17,23H,3,5-10,12-13H2/t15-,16-,17-/m0/s1. The minimum Gasteiger partial charge on any atom is -0.353 e. The Morgan fingerprint density at radius 1 is 1.30 bits per heavy atom. The zero-order valence-corrected chi connectivity index (χ0v) is 15.4. The van der Waals surface area contributed by atoms with Crippen molar-refractivity contribution in [3.8, 4) is 6.07 Å². The number of nitriles is 1. The minimum absolute atomic E-state index is 0.0448. The summed E-state index contributed by atoms with van der Waals surface area (Å²) in [6, 6.07) is 5.92. The summed E-state index contributed by atoms with van der Waals surface area (Å²) in [7, 11) is 0. The first-order chi connectivity index (χ1) is 13.2. The highest BCUT2D eigenvalue weighted by atomic mass is 19.1. The predicted molar refractivity (Wildman–Crippen MR) is 99.0 cm³/mol.